The third kappa shape index (κ3) is 3.51. The Hall–Kier alpha value is -1.09. The van der Waals surface area contributed by atoms with Gasteiger partial charge in [-0.2, -0.15) is 5.26 Å². The van der Waals surface area contributed by atoms with Gasteiger partial charge in [0.2, 0.25) is 5.91 Å². The molecule has 20 heavy (non-hydrogen) atoms. The highest BCUT2D eigenvalue weighted by atomic mass is 32.2. The second-order valence-corrected chi connectivity index (χ2v) is 8.30. The summed E-state index contributed by atoms with van der Waals surface area (Å²) >= 11 is 0. The minimum absolute atomic E-state index is 0.363. The van der Waals surface area contributed by atoms with Crippen LogP contribution >= 0.6 is 0 Å². The van der Waals surface area contributed by atoms with Crippen LogP contribution in [0.15, 0.2) is 0 Å². The molecule has 0 aromatic heterocycles. The highest BCUT2D eigenvalue weighted by molar-refractivity contribution is 7.92. The Morgan fingerprint density at radius 1 is 1.15 bits per heavy atom. The Morgan fingerprint density at radius 3 is 2.30 bits per heavy atom. The SMILES string of the molecule is N#CC1(NC(=O)CS(=O)(=O)C2CCCC2)CCCCC1. The molecule has 1 amide bonds. The summed E-state index contributed by atoms with van der Waals surface area (Å²) in [6.45, 7) is 0. The fraction of sp³-hybridized carbons (Fsp3) is 0.857. The standard InChI is InChI=1S/C14H22N2O3S/c15-11-14(8-4-1-5-9-14)16-13(17)10-20(18,19)12-6-2-3-7-12/h12H,1-10H2,(H,16,17). The van der Waals surface area contributed by atoms with Crippen molar-refractivity contribution in [2.75, 3.05) is 5.75 Å². The van der Waals surface area contributed by atoms with Crippen molar-refractivity contribution in [3.63, 3.8) is 0 Å². The zero-order chi connectivity index (χ0) is 14.6. The summed E-state index contributed by atoms with van der Waals surface area (Å²) in [4.78, 5) is 12.0. The quantitative estimate of drug-likeness (QED) is 0.855. The first-order valence-corrected chi connectivity index (χ1v) is 9.13. The maximum atomic E-state index is 12.1. The number of nitriles is 1. The third-order valence-corrected chi connectivity index (χ3v) is 6.59. The lowest BCUT2D eigenvalue weighted by molar-refractivity contribution is -0.120. The molecular formula is C14H22N2O3S. The van der Waals surface area contributed by atoms with Crippen LogP contribution in [0.1, 0.15) is 57.8 Å². The number of nitrogens with one attached hydrogen (secondary N) is 1. The number of hydrogen-bond acceptors (Lipinski definition) is 4. The van der Waals surface area contributed by atoms with E-state index in [1.807, 2.05) is 0 Å². The van der Waals surface area contributed by atoms with Crippen LogP contribution in [0, 0.1) is 11.3 Å². The van der Waals surface area contributed by atoms with Crippen LogP contribution in [0.5, 0.6) is 0 Å². The summed E-state index contributed by atoms with van der Waals surface area (Å²) in [6, 6.07) is 2.18. The number of rotatable bonds is 4. The largest absolute Gasteiger partial charge is 0.337 e. The van der Waals surface area contributed by atoms with Gasteiger partial charge in [0.1, 0.15) is 11.3 Å². The highest BCUT2D eigenvalue weighted by Gasteiger charge is 2.36. The summed E-state index contributed by atoms with van der Waals surface area (Å²) in [7, 11) is -3.37. The lowest BCUT2D eigenvalue weighted by Crippen LogP contribution is -2.50. The van der Waals surface area contributed by atoms with Gasteiger partial charge >= 0.3 is 0 Å². The summed E-state index contributed by atoms with van der Waals surface area (Å²) in [5.41, 5.74) is -0.847. The van der Waals surface area contributed by atoms with Crippen LogP contribution in [0.4, 0.5) is 0 Å². The van der Waals surface area contributed by atoms with Crippen LogP contribution < -0.4 is 5.32 Å². The monoisotopic (exact) mass is 298 g/mol. The Kier molecular flexibility index (Phi) is 4.69. The van der Waals surface area contributed by atoms with Crippen molar-refractivity contribution in [1.29, 1.82) is 5.26 Å². The van der Waals surface area contributed by atoms with Gasteiger partial charge < -0.3 is 5.32 Å². The van der Waals surface area contributed by atoms with Crippen molar-refractivity contribution in [1.82, 2.24) is 5.32 Å². The summed E-state index contributed by atoms with van der Waals surface area (Å²) in [6.07, 6.45) is 7.31. The van der Waals surface area contributed by atoms with Crippen LogP contribution in [0.2, 0.25) is 0 Å². The molecule has 0 spiro atoms. The van der Waals surface area contributed by atoms with E-state index < -0.39 is 27.0 Å². The smallest absolute Gasteiger partial charge is 0.236 e. The number of amides is 1. The fourth-order valence-corrected chi connectivity index (χ4v) is 5.00. The van der Waals surface area contributed by atoms with Gasteiger partial charge in [-0.15, -0.1) is 0 Å². The van der Waals surface area contributed by atoms with Crippen molar-refractivity contribution < 1.29 is 13.2 Å². The average molecular weight is 298 g/mol. The fourth-order valence-electron chi connectivity index (χ4n) is 3.27. The van der Waals surface area contributed by atoms with E-state index >= 15 is 0 Å². The first kappa shape index (κ1) is 15.3. The molecule has 2 rings (SSSR count). The maximum absolute atomic E-state index is 12.1. The van der Waals surface area contributed by atoms with Gasteiger partial charge in [-0.1, -0.05) is 32.1 Å². The van der Waals surface area contributed by atoms with Crippen LogP contribution in [0.25, 0.3) is 0 Å². The lowest BCUT2D eigenvalue weighted by atomic mass is 9.83. The second kappa shape index (κ2) is 6.13. The number of carbonyl (C=O) groups is 1. The third-order valence-electron chi connectivity index (χ3n) is 4.44. The van der Waals surface area contributed by atoms with Crippen molar-refractivity contribution >= 4 is 15.7 Å². The number of nitrogens with zero attached hydrogens (tertiary/aromatic N) is 1. The minimum atomic E-state index is -3.37. The Bertz CT molecular complexity index is 495. The van der Waals surface area contributed by atoms with Gasteiger partial charge in [0.25, 0.3) is 0 Å². The highest BCUT2D eigenvalue weighted by Crippen LogP contribution is 2.28. The van der Waals surface area contributed by atoms with Gasteiger partial charge in [-0.05, 0) is 25.7 Å². The van der Waals surface area contributed by atoms with Gasteiger partial charge in [-0.3, -0.25) is 4.79 Å². The molecule has 5 nitrogen and oxygen atoms in total. The normalized spacial score (nSPS) is 23.1. The van der Waals surface area contributed by atoms with E-state index in [0.717, 1.165) is 32.1 Å². The lowest BCUT2D eigenvalue weighted by Gasteiger charge is -2.31. The topological polar surface area (TPSA) is 87.0 Å². The average Bonchev–Trinajstić information content (AvgIpc) is 2.93. The van der Waals surface area contributed by atoms with E-state index in [9.17, 15) is 18.5 Å². The molecule has 0 heterocycles. The minimum Gasteiger partial charge on any atom is -0.337 e. The molecule has 0 aliphatic heterocycles. The summed E-state index contributed by atoms with van der Waals surface area (Å²) < 4.78 is 24.3. The molecule has 0 unspecified atom stereocenters. The molecule has 1 N–H and O–H groups in total. The first-order valence-electron chi connectivity index (χ1n) is 7.41. The molecule has 0 saturated heterocycles. The van der Waals surface area contributed by atoms with E-state index in [2.05, 4.69) is 11.4 Å². The van der Waals surface area contributed by atoms with Gasteiger partial charge in [0.05, 0.1) is 11.3 Å². The first-order chi connectivity index (χ1) is 9.47. The van der Waals surface area contributed by atoms with E-state index in [0.29, 0.717) is 25.7 Å². The molecule has 112 valence electrons. The zero-order valence-corrected chi connectivity index (χ0v) is 12.5. The van der Waals surface area contributed by atoms with Gasteiger partial charge in [0.15, 0.2) is 9.84 Å². The summed E-state index contributed by atoms with van der Waals surface area (Å²) in [5.74, 6) is -0.985. The maximum Gasteiger partial charge on any atom is 0.236 e. The van der Waals surface area contributed by atoms with Crippen molar-refractivity contribution in [3.8, 4) is 6.07 Å². The molecule has 0 bridgehead atoms. The van der Waals surface area contributed by atoms with E-state index in [1.54, 1.807) is 0 Å². The van der Waals surface area contributed by atoms with E-state index in [1.165, 1.54) is 0 Å². The number of hydrogen-bond donors (Lipinski definition) is 1. The predicted molar refractivity (Wildman–Crippen MR) is 75.6 cm³/mol. The van der Waals surface area contributed by atoms with Gasteiger partial charge in [0, 0.05) is 0 Å². The Balaban J connectivity index is 1.96. The molecule has 6 heteroatoms. The molecule has 2 fully saturated rings. The molecule has 0 aromatic rings. The Morgan fingerprint density at radius 2 is 1.75 bits per heavy atom. The molecule has 0 atom stereocenters. The number of sulfone groups is 1. The van der Waals surface area contributed by atoms with Crippen LogP contribution in [0.3, 0.4) is 0 Å². The molecule has 2 saturated carbocycles. The van der Waals surface area contributed by atoms with Crippen LogP contribution in [-0.2, 0) is 14.6 Å². The number of carbonyl (C=O) groups excluding carboxylic acids is 1. The van der Waals surface area contributed by atoms with E-state index in [-0.39, 0.29) is 5.25 Å². The Labute approximate surface area is 120 Å². The zero-order valence-electron chi connectivity index (χ0n) is 11.7. The van der Waals surface area contributed by atoms with Crippen molar-refractivity contribution in [2.24, 2.45) is 0 Å². The van der Waals surface area contributed by atoms with E-state index in [4.69, 9.17) is 0 Å². The second-order valence-electron chi connectivity index (χ2n) is 6.02. The molecule has 2 aliphatic rings. The molecule has 0 radical (unpaired) electrons. The van der Waals surface area contributed by atoms with Crippen molar-refractivity contribution in [3.05, 3.63) is 0 Å². The summed E-state index contributed by atoms with van der Waals surface area (Å²) in [5, 5.41) is 11.6. The predicted octanol–water partition coefficient (Wildman–Crippen LogP) is 1.69. The molecule has 2 aliphatic carbocycles. The van der Waals surface area contributed by atoms with Crippen LogP contribution in [-0.4, -0.2) is 30.9 Å². The molecular weight excluding hydrogens is 276 g/mol. The van der Waals surface area contributed by atoms with Crippen molar-refractivity contribution in [2.45, 2.75) is 68.6 Å². The molecule has 0 aromatic carbocycles. The van der Waals surface area contributed by atoms with Gasteiger partial charge in [-0.25, -0.2) is 8.42 Å².